The molecule has 24 heavy (non-hydrogen) atoms. The van der Waals surface area contributed by atoms with Gasteiger partial charge in [-0.3, -0.25) is 4.79 Å². The van der Waals surface area contributed by atoms with E-state index in [4.69, 9.17) is 9.15 Å². The molecule has 1 aromatic heterocycles. The second kappa shape index (κ2) is 7.14. The Morgan fingerprint density at radius 2 is 2.04 bits per heavy atom. The van der Waals surface area contributed by atoms with Crippen molar-refractivity contribution in [3.05, 3.63) is 23.7 Å². The van der Waals surface area contributed by atoms with Crippen molar-refractivity contribution in [1.29, 1.82) is 0 Å². The molecule has 3 atom stereocenters. The molecule has 1 amide bonds. The number of carbonyl (C=O) groups is 1. The molecule has 2 rings (SSSR count). The van der Waals surface area contributed by atoms with E-state index in [0.29, 0.717) is 6.42 Å². The molecule has 0 aliphatic heterocycles. The first kappa shape index (κ1) is 18.8. The van der Waals surface area contributed by atoms with E-state index in [1.807, 2.05) is 0 Å². The summed E-state index contributed by atoms with van der Waals surface area (Å²) >= 11 is 0. The summed E-state index contributed by atoms with van der Waals surface area (Å²) in [5, 5.41) is 12.7. The maximum atomic E-state index is 13.4. The van der Waals surface area contributed by atoms with E-state index in [1.54, 1.807) is 0 Å². The molecule has 1 aliphatic rings. The Morgan fingerprint density at radius 3 is 2.58 bits per heavy atom. The van der Waals surface area contributed by atoms with Crippen LogP contribution in [-0.4, -0.2) is 36.4 Å². The van der Waals surface area contributed by atoms with E-state index in [9.17, 15) is 23.1 Å². The topological polar surface area (TPSA) is 71.7 Å². The number of aliphatic hydroxyl groups is 1. The van der Waals surface area contributed by atoms with Crippen molar-refractivity contribution in [1.82, 2.24) is 5.32 Å². The van der Waals surface area contributed by atoms with Crippen molar-refractivity contribution < 1.29 is 32.2 Å². The van der Waals surface area contributed by atoms with Crippen molar-refractivity contribution in [2.24, 2.45) is 0 Å². The fourth-order valence-electron chi connectivity index (χ4n) is 3.02. The highest BCUT2D eigenvalue weighted by molar-refractivity contribution is 5.77. The van der Waals surface area contributed by atoms with Gasteiger partial charge in [0.1, 0.15) is 11.5 Å². The van der Waals surface area contributed by atoms with Crippen LogP contribution in [0.1, 0.15) is 43.6 Å². The number of aryl methyl sites for hydroxylation is 1. The predicted octanol–water partition coefficient (Wildman–Crippen LogP) is 2.80. The van der Waals surface area contributed by atoms with Gasteiger partial charge in [0.15, 0.2) is 0 Å². The zero-order chi connectivity index (χ0) is 18.0. The minimum atomic E-state index is -5.04. The third-order valence-corrected chi connectivity index (χ3v) is 4.39. The SMILES string of the molecule is COC1CCCCC1NC(=O)CC(O)(c1ccc(C)o1)C(F)(F)F. The van der Waals surface area contributed by atoms with Crippen LogP contribution in [0.25, 0.3) is 0 Å². The van der Waals surface area contributed by atoms with E-state index in [0.717, 1.165) is 25.3 Å². The lowest BCUT2D eigenvalue weighted by atomic mass is 9.91. The average Bonchev–Trinajstić information content (AvgIpc) is 2.93. The van der Waals surface area contributed by atoms with Crippen LogP contribution in [0.3, 0.4) is 0 Å². The number of hydrogen-bond acceptors (Lipinski definition) is 4. The standard InChI is InChI=1S/C16H22F3NO4/c1-10-7-8-13(24-10)15(22,16(17,18)19)9-14(21)20-11-5-3-4-6-12(11)23-2/h7-8,11-12,22H,3-6,9H2,1-2H3,(H,20,21). The summed E-state index contributed by atoms with van der Waals surface area (Å²) in [5.41, 5.74) is -3.36. The number of methoxy groups -OCH3 is 1. The molecule has 0 radical (unpaired) electrons. The number of carbonyl (C=O) groups excluding carboxylic acids is 1. The summed E-state index contributed by atoms with van der Waals surface area (Å²) in [6.07, 6.45) is -3.24. The summed E-state index contributed by atoms with van der Waals surface area (Å²) in [5.74, 6) is -1.35. The zero-order valence-electron chi connectivity index (χ0n) is 13.7. The number of alkyl halides is 3. The van der Waals surface area contributed by atoms with Crippen LogP contribution in [0, 0.1) is 6.92 Å². The molecule has 0 spiro atoms. The summed E-state index contributed by atoms with van der Waals surface area (Å²) in [6.45, 7) is 1.46. The van der Waals surface area contributed by atoms with Gasteiger partial charge in [0, 0.05) is 7.11 Å². The number of rotatable bonds is 5. The van der Waals surface area contributed by atoms with Crippen LogP contribution in [0.4, 0.5) is 13.2 Å². The number of hydrogen-bond donors (Lipinski definition) is 2. The normalized spacial score (nSPS) is 24.4. The van der Waals surface area contributed by atoms with Gasteiger partial charge in [0.25, 0.3) is 0 Å². The van der Waals surface area contributed by atoms with Crippen molar-refractivity contribution >= 4 is 5.91 Å². The van der Waals surface area contributed by atoms with Crippen LogP contribution >= 0.6 is 0 Å². The highest BCUT2D eigenvalue weighted by Gasteiger charge is 2.58. The second-order valence-corrected chi connectivity index (χ2v) is 6.18. The fourth-order valence-corrected chi connectivity index (χ4v) is 3.02. The van der Waals surface area contributed by atoms with Gasteiger partial charge >= 0.3 is 6.18 Å². The van der Waals surface area contributed by atoms with E-state index >= 15 is 0 Å². The quantitative estimate of drug-likeness (QED) is 0.857. The van der Waals surface area contributed by atoms with Crippen LogP contribution in [0.15, 0.2) is 16.5 Å². The summed E-state index contributed by atoms with van der Waals surface area (Å²) < 4.78 is 50.3. The number of halogens is 3. The lowest BCUT2D eigenvalue weighted by molar-refractivity contribution is -0.273. The first-order chi connectivity index (χ1) is 11.2. The maximum Gasteiger partial charge on any atom is 0.425 e. The van der Waals surface area contributed by atoms with Gasteiger partial charge in [0.2, 0.25) is 11.5 Å². The van der Waals surface area contributed by atoms with Crippen molar-refractivity contribution in [2.45, 2.75) is 63.0 Å². The smallest absolute Gasteiger partial charge is 0.425 e. The van der Waals surface area contributed by atoms with Crippen molar-refractivity contribution in [2.75, 3.05) is 7.11 Å². The van der Waals surface area contributed by atoms with Crippen LogP contribution in [-0.2, 0) is 15.1 Å². The molecular formula is C16H22F3NO4. The molecule has 2 N–H and O–H groups in total. The third kappa shape index (κ3) is 3.92. The number of nitrogens with one attached hydrogen (secondary N) is 1. The Kier molecular flexibility index (Phi) is 5.59. The number of ether oxygens (including phenoxy) is 1. The van der Waals surface area contributed by atoms with Gasteiger partial charge in [-0.05, 0) is 31.9 Å². The molecular weight excluding hydrogens is 327 g/mol. The summed E-state index contributed by atoms with van der Waals surface area (Å²) in [7, 11) is 1.51. The van der Waals surface area contributed by atoms with E-state index in [1.165, 1.54) is 20.1 Å². The van der Waals surface area contributed by atoms with Crippen LogP contribution in [0.5, 0.6) is 0 Å². The minimum Gasteiger partial charge on any atom is -0.463 e. The molecule has 8 heteroatoms. The van der Waals surface area contributed by atoms with Crippen molar-refractivity contribution in [3.8, 4) is 0 Å². The zero-order valence-corrected chi connectivity index (χ0v) is 13.7. The number of amides is 1. The third-order valence-electron chi connectivity index (χ3n) is 4.39. The molecule has 1 fully saturated rings. The fraction of sp³-hybridized carbons (Fsp3) is 0.688. The Labute approximate surface area is 138 Å². The first-order valence-corrected chi connectivity index (χ1v) is 7.85. The minimum absolute atomic E-state index is 0.222. The molecule has 1 heterocycles. The first-order valence-electron chi connectivity index (χ1n) is 7.85. The molecule has 0 aromatic carbocycles. The van der Waals surface area contributed by atoms with E-state index in [-0.39, 0.29) is 17.9 Å². The lowest BCUT2D eigenvalue weighted by Gasteiger charge is -2.33. The van der Waals surface area contributed by atoms with E-state index < -0.39 is 29.9 Å². The largest absolute Gasteiger partial charge is 0.463 e. The van der Waals surface area contributed by atoms with Gasteiger partial charge < -0.3 is 19.6 Å². The number of furan rings is 1. The van der Waals surface area contributed by atoms with Gasteiger partial charge in [-0.1, -0.05) is 12.8 Å². The van der Waals surface area contributed by atoms with Crippen LogP contribution < -0.4 is 5.32 Å². The second-order valence-electron chi connectivity index (χ2n) is 6.18. The lowest BCUT2D eigenvalue weighted by Crippen LogP contribution is -2.50. The van der Waals surface area contributed by atoms with Gasteiger partial charge in [-0.25, -0.2) is 0 Å². The molecule has 1 saturated carbocycles. The molecule has 136 valence electrons. The highest BCUT2D eigenvalue weighted by atomic mass is 19.4. The highest BCUT2D eigenvalue weighted by Crippen LogP contribution is 2.42. The summed E-state index contributed by atoms with van der Waals surface area (Å²) in [6, 6.07) is 1.99. The van der Waals surface area contributed by atoms with Gasteiger partial charge in [-0.2, -0.15) is 13.2 Å². The summed E-state index contributed by atoms with van der Waals surface area (Å²) in [4.78, 5) is 12.1. The Bertz CT molecular complexity index is 572. The van der Waals surface area contributed by atoms with Crippen molar-refractivity contribution in [3.63, 3.8) is 0 Å². The Morgan fingerprint density at radius 1 is 1.38 bits per heavy atom. The predicted molar refractivity (Wildman–Crippen MR) is 79.2 cm³/mol. The molecule has 1 aliphatic carbocycles. The average molecular weight is 349 g/mol. The maximum absolute atomic E-state index is 13.4. The Balaban J connectivity index is 2.13. The molecule has 0 saturated heterocycles. The Hall–Kier alpha value is -1.54. The molecule has 5 nitrogen and oxygen atoms in total. The van der Waals surface area contributed by atoms with E-state index in [2.05, 4.69) is 5.32 Å². The van der Waals surface area contributed by atoms with Gasteiger partial charge in [0.05, 0.1) is 18.6 Å². The molecule has 0 bridgehead atoms. The monoisotopic (exact) mass is 349 g/mol. The van der Waals surface area contributed by atoms with Crippen LogP contribution in [0.2, 0.25) is 0 Å². The molecule has 3 unspecified atom stereocenters. The van der Waals surface area contributed by atoms with Gasteiger partial charge in [-0.15, -0.1) is 0 Å². The molecule has 1 aromatic rings.